The number of alkyl halides is 3. The Labute approximate surface area is 187 Å². The van der Waals surface area contributed by atoms with Crippen molar-refractivity contribution in [2.75, 3.05) is 6.26 Å². The molecule has 0 saturated heterocycles. The predicted octanol–water partition coefficient (Wildman–Crippen LogP) is 6.08. The van der Waals surface area contributed by atoms with E-state index in [1.807, 2.05) is 0 Å². The Balaban J connectivity index is 1.89. The molecule has 0 radical (unpaired) electrons. The van der Waals surface area contributed by atoms with Gasteiger partial charge in [-0.1, -0.05) is 24.3 Å². The van der Waals surface area contributed by atoms with Crippen LogP contribution in [-0.2, 0) is 16.0 Å². The molecule has 4 aromatic rings. The molecule has 0 aliphatic heterocycles. The maximum Gasteiger partial charge on any atom is 0.416 e. The van der Waals surface area contributed by atoms with E-state index in [4.69, 9.17) is 0 Å². The van der Waals surface area contributed by atoms with Gasteiger partial charge in [-0.25, -0.2) is 12.8 Å². The van der Waals surface area contributed by atoms with E-state index in [1.165, 1.54) is 59.3 Å². The smallest absolute Gasteiger partial charge is 0.416 e. The molecule has 0 bridgehead atoms. The van der Waals surface area contributed by atoms with E-state index < -0.39 is 27.4 Å². The highest BCUT2D eigenvalue weighted by molar-refractivity contribution is 7.90. The van der Waals surface area contributed by atoms with Crippen LogP contribution in [0.4, 0.5) is 17.6 Å². The van der Waals surface area contributed by atoms with Crippen LogP contribution in [0.2, 0.25) is 0 Å². The molecule has 0 atom stereocenters. The third-order valence-electron chi connectivity index (χ3n) is 5.18. The van der Waals surface area contributed by atoms with Crippen molar-refractivity contribution in [1.29, 1.82) is 0 Å². The van der Waals surface area contributed by atoms with Crippen LogP contribution in [0.15, 0.2) is 83.9 Å². The Morgan fingerprint density at radius 1 is 0.818 bits per heavy atom. The predicted molar refractivity (Wildman–Crippen MR) is 116 cm³/mol. The van der Waals surface area contributed by atoms with Crippen LogP contribution in [0.1, 0.15) is 5.56 Å². The standard InChI is InChI=1S/C24H17F4NO3S/c1-33(31,32)20-12-4-15(5-13-20)21-14-29(19-10-6-17(7-11-19)24(26,27)28)23(30)22(21)16-2-8-18(25)9-3-16/h2-14,30H,1H3. The number of sulfone groups is 1. The van der Waals surface area contributed by atoms with E-state index >= 15 is 0 Å². The van der Waals surface area contributed by atoms with Gasteiger partial charge in [-0.3, -0.25) is 4.57 Å². The third-order valence-corrected chi connectivity index (χ3v) is 6.31. The normalized spacial score (nSPS) is 12.2. The molecule has 0 spiro atoms. The maximum atomic E-state index is 13.5. The first-order chi connectivity index (χ1) is 15.4. The quantitative estimate of drug-likeness (QED) is 0.364. The Hall–Kier alpha value is -3.59. The Morgan fingerprint density at radius 2 is 1.36 bits per heavy atom. The minimum absolute atomic E-state index is 0.112. The van der Waals surface area contributed by atoms with Crippen molar-refractivity contribution in [3.05, 3.63) is 90.4 Å². The fourth-order valence-corrected chi connectivity index (χ4v) is 4.14. The third kappa shape index (κ3) is 4.49. The molecule has 0 saturated carbocycles. The van der Waals surface area contributed by atoms with Crippen LogP contribution < -0.4 is 0 Å². The molecule has 0 unspecified atom stereocenters. The number of rotatable bonds is 4. The second-order valence-electron chi connectivity index (χ2n) is 7.46. The number of aromatic nitrogens is 1. The van der Waals surface area contributed by atoms with E-state index in [0.29, 0.717) is 22.3 Å². The zero-order valence-corrected chi connectivity index (χ0v) is 18.0. The summed E-state index contributed by atoms with van der Waals surface area (Å²) in [6.07, 6.45) is -1.88. The highest BCUT2D eigenvalue weighted by atomic mass is 32.2. The van der Waals surface area contributed by atoms with Gasteiger partial charge in [0.25, 0.3) is 0 Å². The summed E-state index contributed by atoms with van der Waals surface area (Å²) in [4.78, 5) is 0.112. The molecule has 0 amide bonds. The number of aromatic hydroxyl groups is 1. The van der Waals surface area contributed by atoms with Crippen LogP contribution in [0.3, 0.4) is 0 Å². The van der Waals surface area contributed by atoms with Crippen LogP contribution in [0.25, 0.3) is 27.9 Å². The van der Waals surface area contributed by atoms with Crippen molar-refractivity contribution in [2.45, 2.75) is 11.1 Å². The van der Waals surface area contributed by atoms with E-state index in [0.717, 1.165) is 18.4 Å². The van der Waals surface area contributed by atoms with Gasteiger partial charge >= 0.3 is 6.18 Å². The summed E-state index contributed by atoms with van der Waals surface area (Å²) in [7, 11) is -3.42. The molecule has 0 fully saturated rings. The molecule has 0 aliphatic carbocycles. The summed E-state index contributed by atoms with van der Waals surface area (Å²) in [6, 6.07) is 15.6. The molecular weight excluding hydrogens is 458 g/mol. The Morgan fingerprint density at radius 3 is 1.88 bits per heavy atom. The molecule has 4 nitrogen and oxygen atoms in total. The number of hydrogen-bond acceptors (Lipinski definition) is 3. The van der Waals surface area contributed by atoms with E-state index in [1.54, 1.807) is 12.1 Å². The monoisotopic (exact) mass is 475 g/mol. The van der Waals surface area contributed by atoms with Crippen molar-refractivity contribution in [2.24, 2.45) is 0 Å². The fourth-order valence-electron chi connectivity index (χ4n) is 3.51. The maximum absolute atomic E-state index is 13.5. The highest BCUT2D eigenvalue weighted by Crippen LogP contribution is 2.42. The number of halogens is 4. The van der Waals surface area contributed by atoms with Crippen LogP contribution in [0.5, 0.6) is 5.88 Å². The summed E-state index contributed by atoms with van der Waals surface area (Å²) in [5.41, 5.74) is 1.29. The van der Waals surface area contributed by atoms with Gasteiger partial charge < -0.3 is 5.11 Å². The summed E-state index contributed by atoms with van der Waals surface area (Å²) in [5, 5.41) is 11.0. The van der Waals surface area contributed by atoms with Crippen molar-refractivity contribution in [1.82, 2.24) is 4.57 Å². The first-order valence-electron chi connectivity index (χ1n) is 9.63. The molecule has 33 heavy (non-hydrogen) atoms. The lowest BCUT2D eigenvalue weighted by molar-refractivity contribution is -0.137. The first-order valence-corrected chi connectivity index (χ1v) is 11.5. The number of hydrogen-bond donors (Lipinski definition) is 1. The van der Waals surface area contributed by atoms with Gasteiger partial charge in [0.15, 0.2) is 9.84 Å². The summed E-state index contributed by atoms with van der Waals surface area (Å²) < 4.78 is 77.1. The lowest BCUT2D eigenvalue weighted by Gasteiger charge is -2.09. The average Bonchev–Trinajstić information content (AvgIpc) is 3.10. The Bertz CT molecular complexity index is 1410. The van der Waals surface area contributed by atoms with Gasteiger partial charge in [0.2, 0.25) is 5.88 Å². The molecule has 1 aromatic heterocycles. The summed E-state index contributed by atoms with van der Waals surface area (Å²) >= 11 is 0. The zero-order valence-electron chi connectivity index (χ0n) is 17.1. The number of benzene rings is 3. The van der Waals surface area contributed by atoms with Gasteiger partial charge in [-0.15, -0.1) is 0 Å². The van der Waals surface area contributed by atoms with Gasteiger partial charge in [-0.05, 0) is 59.7 Å². The molecule has 3 aromatic carbocycles. The Kier molecular flexibility index (Phi) is 5.53. The fraction of sp³-hybridized carbons (Fsp3) is 0.0833. The molecule has 9 heteroatoms. The van der Waals surface area contributed by atoms with E-state index in [-0.39, 0.29) is 16.5 Å². The molecule has 170 valence electrons. The van der Waals surface area contributed by atoms with Crippen molar-refractivity contribution < 1.29 is 31.1 Å². The van der Waals surface area contributed by atoms with Crippen LogP contribution in [0, 0.1) is 5.82 Å². The van der Waals surface area contributed by atoms with Gasteiger partial charge in [0, 0.05) is 23.7 Å². The van der Waals surface area contributed by atoms with E-state index in [2.05, 4.69) is 0 Å². The summed E-state index contributed by atoms with van der Waals surface area (Å²) in [5.74, 6) is -0.733. The van der Waals surface area contributed by atoms with Crippen molar-refractivity contribution in [3.8, 4) is 33.8 Å². The second kappa shape index (κ2) is 8.08. The molecular formula is C24H17F4NO3S. The van der Waals surface area contributed by atoms with Gasteiger partial charge in [-0.2, -0.15) is 13.2 Å². The van der Waals surface area contributed by atoms with Crippen molar-refractivity contribution >= 4 is 9.84 Å². The SMILES string of the molecule is CS(=O)(=O)c1ccc(-c2cn(-c3ccc(C(F)(F)F)cc3)c(O)c2-c2ccc(F)cc2)cc1. The molecule has 0 aliphatic rings. The minimum atomic E-state index is -4.50. The number of nitrogens with zero attached hydrogens (tertiary/aromatic N) is 1. The minimum Gasteiger partial charge on any atom is -0.494 e. The zero-order chi connectivity index (χ0) is 24.0. The lowest BCUT2D eigenvalue weighted by Crippen LogP contribution is -2.04. The molecule has 1 heterocycles. The van der Waals surface area contributed by atoms with Gasteiger partial charge in [0.05, 0.1) is 16.0 Å². The lowest BCUT2D eigenvalue weighted by atomic mass is 9.99. The van der Waals surface area contributed by atoms with E-state index in [9.17, 15) is 31.1 Å². The highest BCUT2D eigenvalue weighted by Gasteiger charge is 2.30. The average molecular weight is 475 g/mol. The molecule has 4 rings (SSSR count). The van der Waals surface area contributed by atoms with Crippen molar-refractivity contribution in [3.63, 3.8) is 0 Å². The van der Waals surface area contributed by atoms with Gasteiger partial charge in [0.1, 0.15) is 5.82 Å². The van der Waals surface area contributed by atoms with Crippen LogP contribution in [-0.4, -0.2) is 24.3 Å². The second-order valence-corrected chi connectivity index (χ2v) is 9.48. The summed E-state index contributed by atoms with van der Waals surface area (Å²) in [6.45, 7) is 0. The largest absolute Gasteiger partial charge is 0.494 e. The topological polar surface area (TPSA) is 59.3 Å². The van der Waals surface area contributed by atoms with Crippen LogP contribution >= 0.6 is 0 Å². The molecule has 1 N–H and O–H groups in total. The first kappa shape index (κ1) is 22.6.